The number of nitrogens with two attached hydrogens (primary N) is 1. The number of hydrogen-bond acceptors (Lipinski definition) is 6. The topological polar surface area (TPSA) is 102 Å². The number of nitrogens with one attached hydrogen (secondary N) is 1. The summed E-state index contributed by atoms with van der Waals surface area (Å²) in [6, 6.07) is 0. The van der Waals surface area contributed by atoms with Crippen molar-refractivity contribution in [2.75, 3.05) is 5.73 Å². The highest BCUT2D eigenvalue weighted by Gasteiger charge is 2.12. The largest absolute Gasteiger partial charge is 0.368 e. The first-order valence-corrected chi connectivity index (χ1v) is 4.97. The van der Waals surface area contributed by atoms with E-state index in [0.29, 0.717) is 5.16 Å². The Morgan fingerprint density at radius 2 is 2.38 bits per heavy atom. The minimum atomic E-state index is -0.616. The second kappa shape index (κ2) is 3.93. The van der Waals surface area contributed by atoms with Crippen LogP contribution in [0.15, 0.2) is 21.2 Å². The van der Waals surface area contributed by atoms with Gasteiger partial charge in [-0.3, -0.25) is 4.57 Å². The lowest BCUT2D eigenvalue weighted by atomic mass is 10.6. The molecule has 2 heterocycles. The lowest BCUT2D eigenvalue weighted by molar-refractivity contribution is 0.579. The van der Waals surface area contributed by atoms with Gasteiger partial charge in [-0.1, -0.05) is 0 Å². The number of H-pyrrole nitrogens is 1. The summed E-state index contributed by atoms with van der Waals surface area (Å²) in [5, 5.41) is 6.25. The van der Waals surface area contributed by atoms with E-state index in [0.717, 1.165) is 18.0 Å². The minimum absolute atomic E-state index is 0.0228. The molecule has 7 nitrogen and oxygen atoms in total. The molecule has 0 aromatic carbocycles. The lowest BCUT2D eigenvalue weighted by Gasteiger charge is -2.00. The maximum Gasteiger partial charge on any atom is 0.343 e. The average Bonchev–Trinajstić information content (AvgIpc) is 2.55. The van der Waals surface area contributed by atoms with Crippen LogP contribution in [0.3, 0.4) is 0 Å². The molecule has 0 aliphatic carbocycles. The molecular formula is C7H7FN6OS. The molecular weight excluding hydrogens is 235 g/mol. The zero-order valence-electron chi connectivity index (χ0n) is 8.14. The molecule has 0 bridgehead atoms. The number of hydrogen-bond donors (Lipinski definition) is 2. The van der Waals surface area contributed by atoms with Crippen LogP contribution < -0.4 is 11.4 Å². The molecule has 0 aliphatic heterocycles. The number of nitrogens with zero attached hydrogens (tertiary/aromatic N) is 4. The van der Waals surface area contributed by atoms with Gasteiger partial charge in [-0.2, -0.15) is 0 Å². The van der Waals surface area contributed by atoms with Crippen LogP contribution in [-0.2, 0) is 7.05 Å². The van der Waals surface area contributed by atoms with Crippen molar-refractivity contribution in [3.63, 3.8) is 0 Å². The zero-order chi connectivity index (χ0) is 11.7. The highest BCUT2D eigenvalue weighted by atomic mass is 32.2. The molecule has 3 N–H and O–H groups in total. The first kappa shape index (κ1) is 10.6. The minimum Gasteiger partial charge on any atom is -0.368 e. The van der Waals surface area contributed by atoms with Gasteiger partial charge in [0.25, 0.3) is 0 Å². The van der Waals surface area contributed by atoms with Crippen LogP contribution in [0.1, 0.15) is 0 Å². The van der Waals surface area contributed by atoms with Crippen molar-refractivity contribution in [3.8, 4) is 0 Å². The van der Waals surface area contributed by atoms with Gasteiger partial charge in [0.05, 0.1) is 6.20 Å². The van der Waals surface area contributed by atoms with Gasteiger partial charge >= 0.3 is 5.69 Å². The van der Waals surface area contributed by atoms with Gasteiger partial charge in [0.15, 0.2) is 11.0 Å². The SMILES string of the molecule is Cn1c(Sc2nc(N)ncc2F)n[nH]c1=O. The molecule has 2 aromatic rings. The van der Waals surface area contributed by atoms with Crippen LogP contribution in [0.5, 0.6) is 0 Å². The van der Waals surface area contributed by atoms with Gasteiger partial charge in [0.2, 0.25) is 5.95 Å². The quantitative estimate of drug-likeness (QED) is 0.705. The predicted octanol–water partition coefficient (Wildman–Crippen LogP) is -0.229. The van der Waals surface area contributed by atoms with Crippen molar-refractivity contribution in [1.29, 1.82) is 0 Å². The van der Waals surface area contributed by atoms with Crippen LogP contribution in [0.4, 0.5) is 10.3 Å². The van der Waals surface area contributed by atoms with E-state index in [2.05, 4.69) is 20.2 Å². The van der Waals surface area contributed by atoms with Gasteiger partial charge in [-0.15, -0.1) is 5.10 Å². The van der Waals surface area contributed by atoms with Crippen LogP contribution in [0.25, 0.3) is 0 Å². The Labute approximate surface area is 92.9 Å². The van der Waals surface area contributed by atoms with E-state index in [1.807, 2.05) is 0 Å². The molecule has 0 unspecified atom stereocenters. The van der Waals surface area contributed by atoms with E-state index >= 15 is 0 Å². The van der Waals surface area contributed by atoms with Crippen LogP contribution >= 0.6 is 11.8 Å². The van der Waals surface area contributed by atoms with Gasteiger partial charge in [-0.05, 0) is 11.8 Å². The van der Waals surface area contributed by atoms with Crippen molar-refractivity contribution in [3.05, 3.63) is 22.5 Å². The molecule has 0 atom stereocenters. The summed E-state index contributed by atoms with van der Waals surface area (Å²) in [5.41, 5.74) is 4.94. The fourth-order valence-corrected chi connectivity index (χ4v) is 1.72. The van der Waals surface area contributed by atoms with E-state index in [1.54, 1.807) is 0 Å². The first-order valence-electron chi connectivity index (χ1n) is 4.15. The van der Waals surface area contributed by atoms with E-state index < -0.39 is 5.82 Å². The summed E-state index contributed by atoms with van der Waals surface area (Å²) in [5.74, 6) is -0.654. The molecule has 0 aliphatic rings. The standard InChI is InChI=1S/C7H7FN6OS/c1-14-6(15)12-13-7(14)16-4-3(8)2-10-5(9)11-4/h2H,1H3,(H,12,15)(H2,9,10,11). The molecule has 2 aromatic heterocycles. The molecule has 2 rings (SSSR count). The van der Waals surface area contributed by atoms with E-state index in [1.165, 1.54) is 11.6 Å². The molecule has 0 saturated heterocycles. The number of halogens is 1. The summed E-state index contributed by atoms with van der Waals surface area (Å²) in [6.07, 6.45) is 0.968. The molecule has 0 fully saturated rings. The van der Waals surface area contributed by atoms with Crippen molar-refractivity contribution >= 4 is 17.7 Å². The third-order valence-corrected chi connectivity index (χ3v) is 2.78. The maximum absolute atomic E-state index is 13.3. The number of aromatic nitrogens is 5. The number of nitrogen functional groups attached to an aromatic ring is 1. The smallest absolute Gasteiger partial charge is 0.343 e. The Balaban J connectivity index is 2.37. The fraction of sp³-hybridized carbons (Fsp3) is 0.143. The highest BCUT2D eigenvalue weighted by Crippen LogP contribution is 2.24. The molecule has 0 radical (unpaired) electrons. The van der Waals surface area contributed by atoms with Gasteiger partial charge in [0, 0.05) is 7.05 Å². The summed E-state index contributed by atoms with van der Waals surface area (Å²) in [4.78, 5) is 18.3. The zero-order valence-corrected chi connectivity index (χ0v) is 8.95. The highest BCUT2D eigenvalue weighted by molar-refractivity contribution is 7.99. The number of anilines is 1. The van der Waals surface area contributed by atoms with Crippen LogP contribution in [0, 0.1) is 5.82 Å². The maximum atomic E-state index is 13.3. The van der Waals surface area contributed by atoms with E-state index in [9.17, 15) is 9.18 Å². The van der Waals surface area contributed by atoms with Crippen molar-refractivity contribution in [2.45, 2.75) is 10.2 Å². The van der Waals surface area contributed by atoms with E-state index in [4.69, 9.17) is 5.73 Å². The molecule has 16 heavy (non-hydrogen) atoms. The third-order valence-electron chi connectivity index (χ3n) is 1.76. The third kappa shape index (κ3) is 1.89. The average molecular weight is 242 g/mol. The number of aromatic amines is 1. The summed E-state index contributed by atoms with van der Waals surface area (Å²) in [7, 11) is 1.51. The number of rotatable bonds is 2. The Hall–Kier alpha value is -1.90. The van der Waals surface area contributed by atoms with Gasteiger partial charge in [-0.25, -0.2) is 24.3 Å². The fourth-order valence-electron chi connectivity index (χ4n) is 0.946. The Morgan fingerprint density at radius 3 is 3.00 bits per heavy atom. The second-order valence-corrected chi connectivity index (χ2v) is 3.81. The Bertz CT molecular complexity index is 578. The summed E-state index contributed by atoms with van der Waals surface area (Å²) < 4.78 is 14.5. The van der Waals surface area contributed by atoms with E-state index in [-0.39, 0.29) is 16.7 Å². The molecule has 9 heteroatoms. The Morgan fingerprint density at radius 1 is 1.62 bits per heavy atom. The molecule has 0 amide bonds. The van der Waals surface area contributed by atoms with Crippen molar-refractivity contribution < 1.29 is 4.39 Å². The van der Waals surface area contributed by atoms with Gasteiger partial charge in [0.1, 0.15) is 5.03 Å². The Kier molecular flexibility index (Phi) is 2.60. The summed E-state index contributed by atoms with van der Waals surface area (Å²) >= 11 is 0.890. The molecule has 0 spiro atoms. The first-order chi connectivity index (χ1) is 7.58. The normalized spacial score (nSPS) is 10.6. The van der Waals surface area contributed by atoms with Gasteiger partial charge < -0.3 is 5.73 Å². The second-order valence-electron chi connectivity index (χ2n) is 2.85. The lowest BCUT2D eigenvalue weighted by Crippen LogP contribution is -2.13. The summed E-state index contributed by atoms with van der Waals surface area (Å²) in [6.45, 7) is 0. The predicted molar refractivity (Wildman–Crippen MR) is 54.4 cm³/mol. The monoisotopic (exact) mass is 242 g/mol. The van der Waals surface area contributed by atoms with Crippen LogP contribution in [-0.4, -0.2) is 24.7 Å². The van der Waals surface area contributed by atoms with Crippen molar-refractivity contribution in [2.24, 2.45) is 7.05 Å². The molecule has 84 valence electrons. The molecule has 0 saturated carbocycles. The van der Waals surface area contributed by atoms with Crippen LogP contribution in [0.2, 0.25) is 0 Å². The van der Waals surface area contributed by atoms with Crippen molar-refractivity contribution in [1.82, 2.24) is 24.7 Å².